The second-order valence-corrected chi connectivity index (χ2v) is 11.5. The van der Waals surface area contributed by atoms with Crippen molar-refractivity contribution in [3.05, 3.63) is 22.7 Å². The molecule has 0 spiro atoms. The van der Waals surface area contributed by atoms with Crippen molar-refractivity contribution in [3.63, 3.8) is 0 Å². The number of ether oxygens (including phenoxy) is 1. The van der Waals surface area contributed by atoms with Crippen LogP contribution in [-0.4, -0.2) is 70.2 Å². The second-order valence-electron chi connectivity index (χ2n) is 6.82. The molecule has 1 saturated heterocycles. The molecule has 0 bridgehead atoms. The minimum absolute atomic E-state index is 0.127. The summed E-state index contributed by atoms with van der Waals surface area (Å²) in [6, 6.07) is -0.129. The summed E-state index contributed by atoms with van der Waals surface area (Å²) >= 11 is 5.73. The zero-order chi connectivity index (χ0) is 24.3. The van der Waals surface area contributed by atoms with Crippen LogP contribution in [0, 0.1) is 0 Å². The lowest BCUT2D eigenvalue weighted by atomic mass is 9.95. The maximum absolute atomic E-state index is 15.4. The third-order valence-corrected chi connectivity index (χ3v) is 8.85. The number of phosphoric acid groups is 3. The van der Waals surface area contributed by atoms with Crippen LogP contribution < -0.4 is 11.4 Å². The van der Waals surface area contributed by atoms with Gasteiger partial charge in [0.1, 0.15) is 29.7 Å². The van der Waals surface area contributed by atoms with Gasteiger partial charge in [0.2, 0.25) is 0 Å². The van der Waals surface area contributed by atoms with Crippen LogP contribution in [0.25, 0.3) is 0 Å². The lowest BCUT2D eigenvalue weighted by Gasteiger charge is -2.34. The van der Waals surface area contributed by atoms with Crippen LogP contribution in [0.5, 0.6) is 0 Å². The molecule has 1 aromatic heterocycles. The first kappa shape index (κ1) is 25.8. The highest BCUT2D eigenvalue weighted by Crippen LogP contribution is 2.68. The maximum Gasteiger partial charge on any atom is 0.490 e. The van der Waals surface area contributed by atoms with Crippen LogP contribution in [0.2, 0.25) is 0 Å². The Morgan fingerprint density at radius 2 is 1.88 bits per heavy atom. The summed E-state index contributed by atoms with van der Waals surface area (Å²) in [5.41, 5.74) is -0.327. The van der Waals surface area contributed by atoms with Crippen LogP contribution in [0.1, 0.15) is 6.04 Å². The van der Waals surface area contributed by atoms with Gasteiger partial charge in [0.05, 0.1) is 12.5 Å². The van der Waals surface area contributed by atoms with Gasteiger partial charge in [-0.25, -0.2) is 22.9 Å². The number of nitrogens with zero attached hydrogens (tertiary/aromatic N) is 2. The molecule has 0 aromatic carbocycles. The summed E-state index contributed by atoms with van der Waals surface area (Å²) in [6.45, 7) is -1.18. The van der Waals surface area contributed by atoms with Crippen LogP contribution in [0.3, 0.4) is 0 Å². The SMILES string of the molecule is Nc1ccn(C2[C@@H]3O[C@](CCl)(COP(=O)(O)OP(=O)(O)OP(=O)(O)O)[C@@H](O)[C@@]23F)c(=O)n1. The van der Waals surface area contributed by atoms with Gasteiger partial charge >= 0.3 is 29.2 Å². The molecular weight excluding hydrogens is 530 g/mol. The molecule has 1 aliphatic carbocycles. The van der Waals surface area contributed by atoms with E-state index in [0.717, 1.165) is 10.8 Å². The Morgan fingerprint density at radius 1 is 1.25 bits per heavy atom. The summed E-state index contributed by atoms with van der Waals surface area (Å²) in [4.78, 5) is 51.0. The molecule has 1 saturated carbocycles. The second kappa shape index (κ2) is 8.17. The molecule has 2 aliphatic rings. The number of nitrogens with two attached hydrogens (primary N) is 1. The molecular formula is C11H16ClFN3O13P3. The third-order valence-electron chi connectivity index (χ3n) is 4.61. The molecule has 3 unspecified atom stereocenters. The predicted octanol–water partition coefficient (Wildman–Crippen LogP) is -0.831. The number of hydrogen-bond acceptors (Lipinski definition) is 11. The van der Waals surface area contributed by atoms with E-state index in [1.807, 2.05) is 0 Å². The number of anilines is 1. The number of phosphoric ester groups is 1. The van der Waals surface area contributed by atoms with E-state index in [1.165, 1.54) is 6.07 Å². The molecule has 2 fully saturated rings. The molecule has 0 radical (unpaired) electrons. The van der Waals surface area contributed by atoms with Crippen LogP contribution in [-0.2, 0) is 31.6 Å². The van der Waals surface area contributed by atoms with E-state index in [9.17, 15) is 28.5 Å². The summed E-state index contributed by atoms with van der Waals surface area (Å²) in [7, 11) is -17.0. The number of rotatable bonds is 9. The lowest BCUT2D eigenvalue weighted by molar-refractivity contribution is -0.115. The van der Waals surface area contributed by atoms with E-state index in [2.05, 4.69) is 18.1 Å². The molecule has 3 rings (SSSR count). The van der Waals surface area contributed by atoms with Crippen molar-refractivity contribution in [1.82, 2.24) is 9.55 Å². The summed E-state index contributed by atoms with van der Waals surface area (Å²) in [5.74, 6) is -0.842. The Bertz CT molecular complexity index is 1120. The Morgan fingerprint density at radius 3 is 2.34 bits per heavy atom. The Kier molecular flexibility index (Phi) is 6.60. The highest BCUT2D eigenvalue weighted by Gasteiger charge is 2.83. The van der Waals surface area contributed by atoms with E-state index in [1.54, 1.807) is 0 Å². The molecule has 1 aromatic rings. The first-order valence-electron chi connectivity index (χ1n) is 8.20. The fourth-order valence-corrected chi connectivity index (χ4v) is 6.63. The number of aromatic nitrogens is 2. The highest BCUT2D eigenvalue weighted by atomic mass is 35.5. The van der Waals surface area contributed by atoms with Gasteiger partial charge in [-0.05, 0) is 6.07 Å². The van der Waals surface area contributed by atoms with Gasteiger partial charge in [-0.1, -0.05) is 0 Å². The van der Waals surface area contributed by atoms with E-state index in [0.29, 0.717) is 0 Å². The molecule has 32 heavy (non-hydrogen) atoms. The van der Waals surface area contributed by atoms with Crippen LogP contribution in [0.4, 0.5) is 10.2 Å². The zero-order valence-electron chi connectivity index (χ0n) is 15.4. The van der Waals surface area contributed by atoms with Gasteiger partial charge in [0.15, 0.2) is 5.67 Å². The van der Waals surface area contributed by atoms with Crippen LogP contribution >= 0.6 is 35.1 Å². The van der Waals surface area contributed by atoms with Gasteiger partial charge in [-0.3, -0.25) is 9.09 Å². The van der Waals surface area contributed by atoms with Crippen molar-refractivity contribution in [2.45, 2.75) is 29.5 Å². The van der Waals surface area contributed by atoms with Gasteiger partial charge < -0.3 is 35.2 Å². The third kappa shape index (κ3) is 4.86. The fourth-order valence-electron chi connectivity index (χ4n) is 3.27. The van der Waals surface area contributed by atoms with Crippen LogP contribution in [0.15, 0.2) is 17.1 Å². The smallest absolute Gasteiger partial charge is 0.386 e. The maximum atomic E-state index is 15.4. The molecule has 2 heterocycles. The van der Waals surface area contributed by atoms with E-state index in [-0.39, 0.29) is 5.82 Å². The number of halogens is 2. The Balaban J connectivity index is 1.73. The predicted molar refractivity (Wildman–Crippen MR) is 99.9 cm³/mol. The number of alkyl halides is 2. The number of hydrogen-bond donors (Lipinski definition) is 6. The van der Waals surface area contributed by atoms with E-state index < -0.39 is 71.2 Å². The van der Waals surface area contributed by atoms with Gasteiger partial charge in [-0.15, -0.1) is 11.6 Å². The summed E-state index contributed by atoms with van der Waals surface area (Å²) < 4.78 is 67.0. The molecule has 21 heteroatoms. The zero-order valence-corrected chi connectivity index (χ0v) is 18.8. The first-order valence-corrected chi connectivity index (χ1v) is 13.3. The minimum Gasteiger partial charge on any atom is -0.386 e. The molecule has 7 atom stereocenters. The number of aliphatic hydroxyl groups excluding tert-OH is 1. The summed E-state index contributed by atoms with van der Waals surface area (Å²) in [5, 5.41) is 10.5. The van der Waals surface area contributed by atoms with Crippen molar-refractivity contribution in [3.8, 4) is 0 Å². The fraction of sp³-hybridized carbons (Fsp3) is 0.636. The van der Waals surface area contributed by atoms with Crippen molar-refractivity contribution in [2.24, 2.45) is 0 Å². The van der Waals surface area contributed by atoms with E-state index in [4.69, 9.17) is 36.8 Å². The Labute approximate surface area is 182 Å². The molecule has 1 aliphatic heterocycles. The molecule has 0 amide bonds. The molecule has 16 nitrogen and oxygen atoms in total. The summed E-state index contributed by atoms with van der Waals surface area (Å²) in [6.07, 6.45) is -2.46. The largest absolute Gasteiger partial charge is 0.490 e. The first-order chi connectivity index (χ1) is 14.5. The average Bonchev–Trinajstić information content (AvgIpc) is 3.11. The molecule has 182 valence electrons. The molecule has 7 N–H and O–H groups in total. The lowest BCUT2D eigenvalue weighted by Crippen LogP contribution is -2.52. The normalized spacial score (nSPS) is 35.7. The van der Waals surface area contributed by atoms with Gasteiger partial charge in [0.25, 0.3) is 0 Å². The highest BCUT2D eigenvalue weighted by molar-refractivity contribution is 7.66. The van der Waals surface area contributed by atoms with E-state index >= 15 is 4.39 Å². The number of aliphatic hydroxyl groups is 1. The number of fused-ring (bicyclic) bond motifs is 1. The minimum atomic E-state index is -5.79. The number of nitrogen functional groups attached to an aromatic ring is 1. The monoisotopic (exact) mass is 545 g/mol. The van der Waals surface area contributed by atoms with Gasteiger partial charge in [0, 0.05) is 6.20 Å². The van der Waals surface area contributed by atoms with Crippen molar-refractivity contribution in [2.75, 3.05) is 18.2 Å². The quantitative estimate of drug-likeness (QED) is 0.163. The topological polar surface area (TPSA) is 250 Å². The average molecular weight is 546 g/mol. The van der Waals surface area contributed by atoms with Crippen molar-refractivity contribution in [1.29, 1.82) is 0 Å². The Hall–Kier alpha value is -0.770. The van der Waals surface area contributed by atoms with Crippen molar-refractivity contribution < 1.29 is 60.6 Å². The van der Waals surface area contributed by atoms with Gasteiger partial charge in [-0.2, -0.15) is 13.6 Å². The van der Waals surface area contributed by atoms with Crippen molar-refractivity contribution >= 4 is 40.9 Å². The standard InChI is InChI=1S/C11H16ClFN3O13P3/c12-3-10(4-26-31(22,23)29-32(24,25)28-30(19,20)21)8(17)11(13)6(7(11)27-10)16-2-1-5(14)15-9(16)18/h1-2,6-8,17H,3-4H2,(H,22,23)(H,24,25)(H2,14,15,18)(H2,19,20,21)/t6?,7-,8+,10+,11+/m0/s1.